The average molecular weight is 403 g/mol. The van der Waals surface area contributed by atoms with Crippen LogP contribution in [0.5, 0.6) is 0 Å². The summed E-state index contributed by atoms with van der Waals surface area (Å²) in [6.45, 7) is 4.20. The van der Waals surface area contributed by atoms with Crippen molar-refractivity contribution in [3.8, 4) is 0 Å². The molecule has 2 rings (SSSR count). The first-order valence-corrected chi connectivity index (χ1v) is 10.5. The number of sulfonamides is 1. The van der Waals surface area contributed by atoms with E-state index < -0.39 is 16.0 Å². The minimum absolute atomic E-state index is 0.0608. The first kappa shape index (κ1) is 20.7. The molecule has 1 amide bonds. The third-order valence-corrected chi connectivity index (χ3v) is 6.52. The molecule has 1 N–H and O–H groups in total. The smallest absolute Gasteiger partial charge is 0.339 e. The molecule has 0 bridgehead atoms. The second-order valence-electron chi connectivity index (χ2n) is 5.98. The highest BCUT2D eigenvalue weighted by molar-refractivity contribution is 7.89. The topological polar surface area (TPSA) is 92.8 Å². The van der Waals surface area contributed by atoms with Crippen molar-refractivity contribution in [2.75, 3.05) is 30.8 Å². The number of amides is 1. The highest BCUT2D eigenvalue weighted by Gasteiger charge is 2.30. The fourth-order valence-electron chi connectivity index (χ4n) is 2.79. The van der Waals surface area contributed by atoms with E-state index in [9.17, 15) is 18.0 Å². The van der Waals surface area contributed by atoms with Crippen LogP contribution in [0.25, 0.3) is 0 Å². The third kappa shape index (κ3) is 4.96. The zero-order valence-corrected chi connectivity index (χ0v) is 16.4. The van der Waals surface area contributed by atoms with Crippen LogP contribution >= 0.6 is 11.6 Å². The van der Waals surface area contributed by atoms with E-state index in [0.29, 0.717) is 31.6 Å². The molecule has 0 atom stereocenters. The fourth-order valence-corrected chi connectivity index (χ4v) is 4.12. The van der Waals surface area contributed by atoms with Gasteiger partial charge in [-0.1, -0.05) is 11.6 Å². The van der Waals surface area contributed by atoms with Crippen molar-refractivity contribution in [2.45, 2.75) is 26.7 Å². The molecule has 0 aliphatic carbocycles. The molecule has 1 aromatic rings. The maximum Gasteiger partial charge on any atom is 0.339 e. The minimum Gasteiger partial charge on any atom is -0.462 e. The first-order valence-electron chi connectivity index (χ1n) is 8.53. The number of carbonyl (C=O) groups is 2. The summed E-state index contributed by atoms with van der Waals surface area (Å²) < 4.78 is 30.1. The van der Waals surface area contributed by atoms with E-state index >= 15 is 0 Å². The molecule has 1 saturated heterocycles. The number of piperidine rings is 1. The number of halogens is 1. The summed E-state index contributed by atoms with van der Waals surface area (Å²) in [6.07, 6.45) is 0.923. The summed E-state index contributed by atoms with van der Waals surface area (Å²) in [5, 5.41) is 3.02. The summed E-state index contributed by atoms with van der Waals surface area (Å²) in [5.41, 5.74) is 0.640. The van der Waals surface area contributed by atoms with Crippen molar-refractivity contribution < 1.29 is 22.7 Å². The molecule has 7 nitrogen and oxygen atoms in total. The van der Waals surface area contributed by atoms with Crippen LogP contribution in [0.1, 0.15) is 37.0 Å². The number of nitrogens with zero attached hydrogens (tertiary/aromatic N) is 1. The van der Waals surface area contributed by atoms with Crippen molar-refractivity contribution in [3.05, 3.63) is 28.8 Å². The Morgan fingerprint density at radius 3 is 2.50 bits per heavy atom. The number of esters is 1. The Morgan fingerprint density at radius 1 is 1.27 bits per heavy atom. The Kier molecular flexibility index (Phi) is 7.02. The summed E-state index contributed by atoms with van der Waals surface area (Å²) >= 11 is 6.01. The Bertz CT molecular complexity index is 773. The second-order valence-corrected chi connectivity index (χ2v) is 8.64. The van der Waals surface area contributed by atoms with Gasteiger partial charge in [-0.05, 0) is 44.9 Å². The Hall–Kier alpha value is -1.64. The monoisotopic (exact) mass is 402 g/mol. The molecular formula is C17H23ClN2O5S. The van der Waals surface area contributed by atoms with Gasteiger partial charge in [-0.25, -0.2) is 17.5 Å². The van der Waals surface area contributed by atoms with E-state index in [1.165, 1.54) is 16.4 Å². The highest BCUT2D eigenvalue weighted by Crippen LogP contribution is 2.24. The van der Waals surface area contributed by atoms with Gasteiger partial charge in [0.05, 0.1) is 22.9 Å². The van der Waals surface area contributed by atoms with Crippen molar-refractivity contribution in [3.63, 3.8) is 0 Å². The molecule has 1 aromatic carbocycles. The lowest BCUT2D eigenvalue weighted by Crippen LogP contribution is -2.42. The van der Waals surface area contributed by atoms with Gasteiger partial charge in [0.2, 0.25) is 15.9 Å². The lowest BCUT2D eigenvalue weighted by atomic mass is 9.97. The molecule has 1 aliphatic heterocycles. The molecule has 0 spiro atoms. The zero-order valence-electron chi connectivity index (χ0n) is 14.8. The maximum atomic E-state index is 12.5. The zero-order chi connectivity index (χ0) is 19.3. The van der Waals surface area contributed by atoms with Crippen LogP contribution in [0.15, 0.2) is 18.2 Å². The van der Waals surface area contributed by atoms with Crippen molar-refractivity contribution in [1.29, 1.82) is 0 Å². The van der Waals surface area contributed by atoms with Gasteiger partial charge in [0.25, 0.3) is 0 Å². The summed E-state index contributed by atoms with van der Waals surface area (Å²) in [7, 11) is -3.22. The molecule has 1 aliphatic rings. The molecule has 0 radical (unpaired) electrons. The summed E-state index contributed by atoms with van der Waals surface area (Å²) in [4.78, 5) is 24.3. The van der Waals surface area contributed by atoms with E-state index in [1.54, 1.807) is 19.9 Å². The lowest BCUT2D eigenvalue weighted by Gasteiger charge is -2.30. The van der Waals surface area contributed by atoms with E-state index in [0.717, 1.165) is 0 Å². The van der Waals surface area contributed by atoms with Crippen LogP contribution in [0, 0.1) is 5.92 Å². The molecule has 26 heavy (non-hydrogen) atoms. The summed E-state index contributed by atoms with van der Waals surface area (Å²) in [5.74, 6) is -0.965. The van der Waals surface area contributed by atoms with Gasteiger partial charge in [0, 0.05) is 24.7 Å². The summed E-state index contributed by atoms with van der Waals surface area (Å²) in [6, 6.07) is 4.62. The fraction of sp³-hybridized carbons (Fsp3) is 0.529. The Morgan fingerprint density at radius 2 is 1.92 bits per heavy atom. The Labute approximate surface area is 158 Å². The number of rotatable bonds is 6. The van der Waals surface area contributed by atoms with Gasteiger partial charge in [0.15, 0.2) is 0 Å². The number of nitrogens with one attached hydrogen (secondary N) is 1. The lowest BCUT2D eigenvalue weighted by molar-refractivity contribution is -0.120. The maximum absolute atomic E-state index is 12.5. The van der Waals surface area contributed by atoms with Crippen molar-refractivity contribution in [2.24, 2.45) is 5.92 Å². The second kappa shape index (κ2) is 8.83. The van der Waals surface area contributed by atoms with E-state index in [4.69, 9.17) is 16.3 Å². The van der Waals surface area contributed by atoms with Gasteiger partial charge < -0.3 is 10.1 Å². The van der Waals surface area contributed by atoms with Crippen LogP contribution in [-0.4, -0.2) is 50.0 Å². The van der Waals surface area contributed by atoms with E-state index in [2.05, 4.69) is 5.32 Å². The van der Waals surface area contributed by atoms with Crippen molar-refractivity contribution in [1.82, 2.24) is 4.31 Å². The number of ether oxygens (including phenoxy) is 1. The average Bonchev–Trinajstić information content (AvgIpc) is 2.63. The third-order valence-electron chi connectivity index (χ3n) is 4.31. The largest absolute Gasteiger partial charge is 0.462 e. The molecule has 1 fully saturated rings. The van der Waals surface area contributed by atoms with Crippen LogP contribution in [-0.2, 0) is 19.6 Å². The van der Waals surface area contributed by atoms with E-state index in [-0.39, 0.29) is 34.8 Å². The predicted octanol–water partition coefficient (Wildman–Crippen LogP) is 2.52. The highest BCUT2D eigenvalue weighted by atomic mass is 35.5. The van der Waals surface area contributed by atoms with Gasteiger partial charge in [-0.2, -0.15) is 0 Å². The number of hydrogen-bond donors (Lipinski definition) is 1. The number of benzene rings is 1. The standard InChI is InChI=1S/C17H23ClN2O5S/c1-3-25-17(22)14-11-13(5-6-15(14)18)19-16(21)12-7-9-20(10-8-12)26(23,24)4-2/h5-6,11-12H,3-4,7-10H2,1-2H3,(H,19,21). The van der Waals surface area contributed by atoms with Crippen LogP contribution in [0.3, 0.4) is 0 Å². The van der Waals surface area contributed by atoms with Gasteiger partial charge >= 0.3 is 5.97 Å². The molecule has 9 heteroatoms. The quantitative estimate of drug-likeness (QED) is 0.738. The van der Waals surface area contributed by atoms with Crippen molar-refractivity contribution >= 4 is 39.2 Å². The SMILES string of the molecule is CCOC(=O)c1cc(NC(=O)C2CCN(S(=O)(=O)CC)CC2)ccc1Cl. The molecule has 0 aromatic heterocycles. The van der Waals surface area contributed by atoms with Gasteiger partial charge in [-0.15, -0.1) is 0 Å². The predicted molar refractivity (Wildman–Crippen MR) is 99.8 cm³/mol. The van der Waals surface area contributed by atoms with Gasteiger partial charge in [0.1, 0.15) is 0 Å². The minimum atomic E-state index is -3.22. The molecular weight excluding hydrogens is 380 g/mol. The van der Waals surface area contributed by atoms with Crippen LogP contribution in [0.2, 0.25) is 5.02 Å². The van der Waals surface area contributed by atoms with Crippen LogP contribution in [0.4, 0.5) is 5.69 Å². The molecule has 1 heterocycles. The van der Waals surface area contributed by atoms with Gasteiger partial charge in [-0.3, -0.25) is 4.79 Å². The number of carbonyl (C=O) groups excluding carboxylic acids is 2. The number of anilines is 1. The first-order chi connectivity index (χ1) is 12.3. The Balaban J connectivity index is 2.00. The van der Waals surface area contributed by atoms with Crippen LogP contribution < -0.4 is 5.32 Å². The molecule has 144 valence electrons. The molecule has 0 unspecified atom stereocenters. The normalized spacial score (nSPS) is 16.3. The van der Waals surface area contributed by atoms with E-state index in [1.807, 2.05) is 0 Å². The molecule has 0 saturated carbocycles. The number of hydrogen-bond acceptors (Lipinski definition) is 5.